The number of ether oxygens (including phenoxy) is 1. The standard InChI is InChI=1S/C13H14F2N2OS/c1-16-12(6-11-7-17-8-19-11)9-3-2-4-10(5-9)18-13(14)15/h2-5,7-8,12-13,16H,6H2,1H3. The first kappa shape index (κ1) is 13.9. The molecule has 19 heavy (non-hydrogen) atoms. The first-order chi connectivity index (χ1) is 9.19. The molecule has 0 bridgehead atoms. The number of likely N-dealkylation sites (N-methyl/N-ethyl adjacent to an activating group) is 1. The maximum atomic E-state index is 12.2. The zero-order chi connectivity index (χ0) is 13.7. The molecule has 1 unspecified atom stereocenters. The number of hydrogen-bond donors (Lipinski definition) is 1. The van der Waals surface area contributed by atoms with Crippen LogP contribution in [-0.2, 0) is 6.42 Å². The second-order valence-electron chi connectivity index (χ2n) is 3.96. The summed E-state index contributed by atoms with van der Waals surface area (Å²) in [6.07, 6.45) is 2.58. The molecule has 6 heteroatoms. The summed E-state index contributed by atoms with van der Waals surface area (Å²) in [6, 6.07) is 6.80. The molecule has 1 heterocycles. The molecule has 0 aliphatic rings. The molecule has 0 aliphatic carbocycles. The predicted octanol–water partition coefficient (Wildman–Crippen LogP) is 3.25. The molecule has 1 aromatic heterocycles. The highest BCUT2D eigenvalue weighted by Crippen LogP contribution is 2.24. The Bertz CT molecular complexity index is 505. The summed E-state index contributed by atoms with van der Waals surface area (Å²) in [5, 5.41) is 3.17. The Hall–Kier alpha value is -1.53. The zero-order valence-corrected chi connectivity index (χ0v) is 11.2. The second kappa shape index (κ2) is 6.58. The average molecular weight is 284 g/mol. The van der Waals surface area contributed by atoms with Gasteiger partial charge in [-0.05, 0) is 24.7 Å². The molecule has 102 valence electrons. The van der Waals surface area contributed by atoms with Gasteiger partial charge < -0.3 is 10.1 Å². The number of nitrogens with zero attached hydrogens (tertiary/aromatic N) is 1. The highest BCUT2D eigenvalue weighted by molar-refractivity contribution is 7.09. The van der Waals surface area contributed by atoms with E-state index in [1.807, 2.05) is 19.3 Å². The first-order valence-electron chi connectivity index (χ1n) is 5.78. The Kier molecular flexibility index (Phi) is 4.81. The third-order valence-corrected chi connectivity index (χ3v) is 3.52. The van der Waals surface area contributed by atoms with Gasteiger partial charge in [0.1, 0.15) is 5.75 Å². The van der Waals surface area contributed by atoms with Gasteiger partial charge >= 0.3 is 6.61 Å². The number of rotatable bonds is 6. The van der Waals surface area contributed by atoms with E-state index in [1.54, 1.807) is 29.0 Å². The lowest BCUT2D eigenvalue weighted by atomic mass is 10.0. The van der Waals surface area contributed by atoms with Crippen LogP contribution in [0.4, 0.5) is 8.78 Å². The molecule has 0 saturated heterocycles. The maximum Gasteiger partial charge on any atom is 0.387 e. The van der Waals surface area contributed by atoms with Gasteiger partial charge in [-0.15, -0.1) is 11.3 Å². The van der Waals surface area contributed by atoms with Gasteiger partial charge in [-0.1, -0.05) is 12.1 Å². The van der Waals surface area contributed by atoms with Gasteiger partial charge in [0.15, 0.2) is 0 Å². The third kappa shape index (κ3) is 3.97. The minimum atomic E-state index is -2.80. The van der Waals surface area contributed by atoms with Crippen molar-refractivity contribution in [2.75, 3.05) is 7.05 Å². The molecule has 0 radical (unpaired) electrons. The lowest BCUT2D eigenvalue weighted by Gasteiger charge is -2.16. The van der Waals surface area contributed by atoms with Crippen molar-refractivity contribution in [1.29, 1.82) is 0 Å². The molecule has 3 nitrogen and oxygen atoms in total. The summed E-state index contributed by atoms with van der Waals surface area (Å²) in [5.74, 6) is 0.178. The van der Waals surface area contributed by atoms with Crippen molar-refractivity contribution in [2.45, 2.75) is 19.1 Å². The SMILES string of the molecule is CNC(Cc1cncs1)c1cccc(OC(F)F)c1. The molecule has 0 spiro atoms. The van der Waals surface area contributed by atoms with Gasteiger partial charge in [-0.2, -0.15) is 8.78 Å². The Labute approximate surface area is 114 Å². The normalized spacial score (nSPS) is 12.6. The van der Waals surface area contributed by atoms with Crippen LogP contribution in [0.5, 0.6) is 5.75 Å². The van der Waals surface area contributed by atoms with Crippen LogP contribution < -0.4 is 10.1 Å². The zero-order valence-electron chi connectivity index (χ0n) is 10.3. The molecule has 1 aromatic carbocycles. The molecule has 1 N–H and O–H groups in total. The van der Waals surface area contributed by atoms with Gasteiger partial charge in [0.2, 0.25) is 0 Å². The number of nitrogens with one attached hydrogen (secondary N) is 1. The molecule has 2 rings (SSSR count). The number of hydrogen-bond acceptors (Lipinski definition) is 4. The Morgan fingerprint density at radius 3 is 2.89 bits per heavy atom. The van der Waals surface area contributed by atoms with Gasteiger partial charge in [0.05, 0.1) is 5.51 Å². The summed E-state index contributed by atoms with van der Waals surface area (Å²) in [5.41, 5.74) is 2.69. The first-order valence-corrected chi connectivity index (χ1v) is 6.66. The van der Waals surface area contributed by atoms with Crippen LogP contribution in [0, 0.1) is 0 Å². The fourth-order valence-corrected chi connectivity index (χ4v) is 2.48. The number of aromatic nitrogens is 1. The van der Waals surface area contributed by atoms with E-state index in [0.29, 0.717) is 0 Å². The predicted molar refractivity (Wildman–Crippen MR) is 70.7 cm³/mol. The van der Waals surface area contributed by atoms with Gasteiger partial charge in [0.25, 0.3) is 0 Å². The van der Waals surface area contributed by atoms with Crippen molar-refractivity contribution in [3.05, 3.63) is 46.4 Å². The van der Waals surface area contributed by atoms with Gasteiger partial charge in [-0.3, -0.25) is 4.98 Å². The van der Waals surface area contributed by atoms with Crippen LogP contribution in [0.2, 0.25) is 0 Å². The van der Waals surface area contributed by atoms with Crippen LogP contribution in [0.1, 0.15) is 16.5 Å². The minimum absolute atomic E-state index is 0.0432. The Morgan fingerprint density at radius 2 is 2.26 bits per heavy atom. The van der Waals surface area contributed by atoms with Gasteiger partial charge in [-0.25, -0.2) is 0 Å². The van der Waals surface area contributed by atoms with Crippen molar-refractivity contribution < 1.29 is 13.5 Å². The molecule has 0 saturated carbocycles. The van der Waals surface area contributed by atoms with Crippen molar-refractivity contribution in [3.8, 4) is 5.75 Å². The monoisotopic (exact) mass is 284 g/mol. The molecule has 0 aliphatic heterocycles. The van der Waals surface area contributed by atoms with E-state index in [1.165, 1.54) is 6.07 Å². The number of benzene rings is 1. The fraction of sp³-hybridized carbons (Fsp3) is 0.308. The summed E-state index contributed by atoms with van der Waals surface area (Å²) < 4.78 is 28.8. The molecule has 0 fully saturated rings. The number of halogens is 2. The van der Waals surface area contributed by atoms with E-state index in [4.69, 9.17) is 0 Å². The van der Waals surface area contributed by atoms with Crippen molar-refractivity contribution >= 4 is 11.3 Å². The average Bonchev–Trinajstić information content (AvgIpc) is 2.88. The lowest BCUT2D eigenvalue weighted by Crippen LogP contribution is -2.18. The van der Waals surface area contributed by atoms with Crippen molar-refractivity contribution in [2.24, 2.45) is 0 Å². The molecule has 2 aromatic rings. The van der Waals surface area contributed by atoms with Crippen LogP contribution >= 0.6 is 11.3 Å². The summed E-state index contributed by atoms with van der Waals surface area (Å²) in [6.45, 7) is -2.80. The Morgan fingerprint density at radius 1 is 1.42 bits per heavy atom. The topological polar surface area (TPSA) is 34.2 Å². The third-order valence-electron chi connectivity index (χ3n) is 2.72. The highest BCUT2D eigenvalue weighted by Gasteiger charge is 2.13. The summed E-state index contributed by atoms with van der Waals surface area (Å²) >= 11 is 1.57. The molecule has 0 amide bonds. The van der Waals surface area contributed by atoms with E-state index in [9.17, 15) is 8.78 Å². The lowest BCUT2D eigenvalue weighted by molar-refractivity contribution is -0.0499. The number of thiazole rings is 1. The quantitative estimate of drug-likeness (QED) is 0.884. The minimum Gasteiger partial charge on any atom is -0.435 e. The van der Waals surface area contributed by atoms with E-state index in [2.05, 4.69) is 15.0 Å². The van der Waals surface area contributed by atoms with Crippen LogP contribution in [0.3, 0.4) is 0 Å². The van der Waals surface area contributed by atoms with Crippen LogP contribution in [0.25, 0.3) is 0 Å². The highest BCUT2D eigenvalue weighted by atomic mass is 32.1. The fourth-order valence-electron chi connectivity index (χ4n) is 1.84. The van der Waals surface area contributed by atoms with E-state index < -0.39 is 6.61 Å². The van der Waals surface area contributed by atoms with Crippen molar-refractivity contribution in [3.63, 3.8) is 0 Å². The van der Waals surface area contributed by atoms with Gasteiger partial charge in [0, 0.05) is 23.5 Å². The van der Waals surface area contributed by atoms with E-state index >= 15 is 0 Å². The largest absolute Gasteiger partial charge is 0.435 e. The van der Waals surface area contributed by atoms with Crippen LogP contribution in [-0.4, -0.2) is 18.6 Å². The smallest absolute Gasteiger partial charge is 0.387 e. The van der Waals surface area contributed by atoms with E-state index in [-0.39, 0.29) is 11.8 Å². The van der Waals surface area contributed by atoms with E-state index in [0.717, 1.165) is 16.9 Å². The second-order valence-corrected chi connectivity index (χ2v) is 4.94. The molecule has 1 atom stereocenters. The Balaban J connectivity index is 2.13. The molecular weight excluding hydrogens is 270 g/mol. The summed E-state index contributed by atoms with van der Waals surface area (Å²) in [4.78, 5) is 5.17. The van der Waals surface area contributed by atoms with Crippen LogP contribution in [0.15, 0.2) is 36.0 Å². The van der Waals surface area contributed by atoms with Crippen molar-refractivity contribution in [1.82, 2.24) is 10.3 Å². The summed E-state index contributed by atoms with van der Waals surface area (Å²) in [7, 11) is 1.84. The maximum absolute atomic E-state index is 12.2. The number of alkyl halides is 2. The molecular formula is C13H14F2N2OS.